The van der Waals surface area contributed by atoms with Gasteiger partial charge in [0.2, 0.25) is 0 Å². The van der Waals surface area contributed by atoms with Crippen molar-refractivity contribution in [3.05, 3.63) is 88.4 Å². The van der Waals surface area contributed by atoms with Crippen molar-refractivity contribution in [2.75, 3.05) is 23.7 Å². The van der Waals surface area contributed by atoms with Crippen LogP contribution in [0.4, 0.5) is 16.3 Å². The number of anilines is 2. The third-order valence-corrected chi connectivity index (χ3v) is 7.92. The van der Waals surface area contributed by atoms with Crippen molar-refractivity contribution < 1.29 is 14.1 Å². The predicted octanol–water partition coefficient (Wildman–Crippen LogP) is 6.82. The zero-order valence-corrected chi connectivity index (χ0v) is 25.3. The summed E-state index contributed by atoms with van der Waals surface area (Å²) in [6.45, 7) is 13.3. The lowest BCUT2D eigenvalue weighted by atomic mass is 9.89. The number of carbonyl (C=O) groups excluding carboxylic acids is 2. The third-order valence-electron chi connectivity index (χ3n) is 7.92. The van der Waals surface area contributed by atoms with E-state index in [4.69, 9.17) is 9.62 Å². The Bertz CT molecular complexity index is 1550. The second-order valence-electron chi connectivity index (χ2n) is 12.3. The van der Waals surface area contributed by atoms with E-state index >= 15 is 0 Å². The lowest BCUT2D eigenvalue weighted by Crippen LogP contribution is -2.39. The highest BCUT2D eigenvalue weighted by molar-refractivity contribution is 6.00. The Labute approximate surface area is 247 Å². The van der Waals surface area contributed by atoms with E-state index in [0.29, 0.717) is 41.8 Å². The number of para-hydroxylation sites is 1. The summed E-state index contributed by atoms with van der Waals surface area (Å²) in [5, 5.41) is 14.8. The normalized spacial score (nSPS) is 14.2. The first-order chi connectivity index (χ1) is 20.0. The van der Waals surface area contributed by atoms with Gasteiger partial charge in [-0.05, 0) is 69.7 Å². The fourth-order valence-electron chi connectivity index (χ4n) is 5.41. The first-order valence-electron chi connectivity index (χ1n) is 14.5. The van der Waals surface area contributed by atoms with Crippen molar-refractivity contribution in [2.24, 2.45) is 5.92 Å². The molecule has 1 fully saturated rings. The second-order valence-corrected chi connectivity index (χ2v) is 12.3. The predicted molar refractivity (Wildman–Crippen MR) is 164 cm³/mol. The highest BCUT2D eigenvalue weighted by Gasteiger charge is 2.28. The molecule has 2 N–H and O–H groups in total. The van der Waals surface area contributed by atoms with E-state index in [1.165, 1.54) is 0 Å². The van der Waals surface area contributed by atoms with Crippen LogP contribution in [0.1, 0.15) is 72.2 Å². The van der Waals surface area contributed by atoms with E-state index in [-0.39, 0.29) is 17.4 Å². The summed E-state index contributed by atoms with van der Waals surface area (Å²) in [5.74, 6) is 1.56. The number of amides is 3. The summed E-state index contributed by atoms with van der Waals surface area (Å²) < 4.78 is 6.98. The summed E-state index contributed by atoms with van der Waals surface area (Å²) in [4.78, 5) is 28.2. The van der Waals surface area contributed by atoms with Crippen LogP contribution in [0.3, 0.4) is 0 Å². The third kappa shape index (κ3) is 6.40. The van der Waals surface area contributed by atoms with Gasteiger partial charge in [0.15, 0.2) is 0 Å². The Balaban J connectivity index is 1.25. The topological polar surface area (TPSA) is 105 Å². The van der Waals surface area contributed by atoms with Crippen LogP contribution in [-0.4, -0.2) is 44.9 Å². The van der Waals surface area contributed by atoms with Crippen molar-refractivity contribution in [1.29, 1.82) is 0 Å². The highest BCUT2D eigenvalue weighted by Crippen LogP contribution is 2.29. The average Bonchev–Trinajstić information content (AvgIpc) is 3.53. The molecule has 9 nitrogen and oxygen atoms in total. The smallest absolute Gasteiger partial charge is 0.324 e. The van der Waals surface area contributed by atoms with E-state index in [2.05, 4.69) is 42.6 Å². The van der Waals surface area contributed by atoms with Gasteiger partial charge in [0, 0.05) is 30.3 Å². The summed E-state index contributed by atoms with van der Waals surface area (Å²) in [6.07, 6.45) is 2.60. The molecule has 2 aromatic carbocycles. The number of urea groups is 1. The Kier molecular flexibility index (Phi) is 8.20. The molecule has 0 bridgehead atoms. The number of rotatable bonds is 6. The van der Waals surface area contributed by atoms with Crippen molar-refractivity contribution in [1.82, 2.24) is 19.8 Å². The lowest BCUT2D eigenvalue weighted by molar-refractivity contribution is 0.0688. The Hall–Kier alpha value is -4.40. The molecule has 0 radical (unpaired) electrons. The molecular formula is C33H40N6O3. The summed E-state index contributed by atoms with van der Waals surface area (Å²) >= 11 is 0. The lowest BCUT2D eigenvalue weighted by Gasteiger charge is -2.32. The molecule has 2 aromatic heterocycles. The van der Waals surface area contributed by atoms with Crippen molar-refractivity contribution in [3.8, 4) is 5.69 Å². The van der Waals surface area contributed by atoms with Gasteiger partial charge in [-0.25, -0.2) is 9.48 Å². The van der Waals surface area contributed by atoms with Crippen LogP contribution in [-0.2, 0) is 11.8 Å². The maximum Gasteiger partial charge on any atom is 0.324 e. The van der Waals surface area contributed by atoms with Crippen LogP contribution in [0.15, 0.2) is 59.1 Å². The number of piperidine rings is 1. The first-order valence-corrected chi connectivity index (χ1v) is 14.5. The van der Waals surface area contributed by atoms with Gasteiger partial charge in [-0.3, -0.25) is 10.1 Å². The van der Waals surface area contributed by atoms with Gasteiger partial charge in [-0.2, -0.15) is 5.10 Å². The molecule has 0 unspecified atom stereocenters. The first kappa shape index (κ1) is 29.1. The maximum absolute atomic E-state index is 13.3. The van der Waals surface area contributed by atoms with Crippen LogP contribution < -0.4 is 10.6 Å². The van der Waals surface area contributed by atoms with Gasteiger partial charge in [0.1, 0.15) is 17.1 Å². The van der Waals surface area contributed by atoms with Crippen LogP contribution >= 0.6 is 0 Å². The number of aryl methyl sites for hydroxylation is 3. The number of likely N-dealkylation sites (tertiary alicyclic amines) is 1. The number of nitrogens with one attached hydrogen (secondary N) is 2. The molecule has 0 aliphatic carbocycles. The van der Waals surface area contributed by atoms with Gasteiger partial charge < -0.3 is 14.7 Å². The number of hydrogen-bond donors (Lipinski definition) is 2. The Morgan fingerprint density at radius 1 is 0.976 bits per heavy atom. The van der Waals surface area contributed by atoms with E-state index in [1.807, 2.05) is 60.4 Å². The van der Waals surface area contributed by atoms with Crippen LogP contribution in [0.2, 0.25) is 0 Å². The van der Waals surface area contributed by atoms with E-state index < -0.39 is 0 Å². The number of nitrogens with zero attached hydrogens (tertiary/aromatic N) is 4. The van der Waals surface area contributed by atoms with Crippen molar-refractivity contribution >= 4 is 23.4 Å². The minimum atomic E-state index is -0.323. The van der Waals surface area contributed by atoms with Gasteiger partial charge >= 0.3 is 6.03 Å². The molecule has 4 aromatic rings. The van der Waals surface area contributed by atoms with Gasteiger partial charge in [-0.15, -0.1) is 0 Å². The molecule has 3 heterocycles. The summed E-state index contributed by atoms with van der Waals surface area (Å²) in [5.41, 5.74) is 5.81. The molecule has 0 saturated carbocycles. The number of hydrogen-bond acceptors (Lipinski definition) is 5. The van der Waals surface area contributed by atoms with E-state index in [0.717, 1.165) is 47.5 Å². The zero-order chi connectivity index (χ0) is 30.0. The fraction of sp³-hybridized carbons (Fsp3) is 0.394. The minimum Gasteiger partial charge on any atom is -0.361 e. The van der Waals surface area contributed by atoms with Gasteiger partial charge in [0.25, 0.3) is 5.91 Å². The quantitative estimate of drug-likeness (QED) is 0.265. The SMILES string of the molecule is Cc1ccc(-n2nc(C(C)(C)C)cc2NC(=O)Nc2ccccc2CC2CCN(C(=O)c3c(C)noc3C)CC2)cc1. The molecule has 42 heavy (non-hydrogen) atoms. The number of benzene rings is 2. The monoisotopic (exact) mass is 568 g/mol. The molecule has 0 spiro atoms. The molecule has 3 amide bonds. The minimum absolute atomic E-state index is 0.0112. The largest absolute Gasteiger partial charge is 0.361 e. The Morgan fingerprint density at radius 2 is 1.67 bits per heavy atom. The summed E-state index contributed by atoms with van der Waals surface area (Å²) in [6, 6.07) is 17.6. The van der Waals surface area contributed by atoms with Crippen LogP contribution in [0.25, 0.3) is 5.69 Å². The molecule has 1 aliphatic rings. The van der Waals surface area contributed by atoms with Crippen LogP contribution in [0.5, 0.6) is 0 Å². The fourth-order valence-corrected chi connectivity index (χ4v) is 5.41. The van der Waals surface area contributed by atoms with Gasteiger partial charge in [0.05, 0.1) is 17.1 Å². The molecule has 5 rings (SSSR count). The molecule has 1 aliphatic heterocycles. The molecule has 1 saturated heterocycles. The standard InChI is InChI=1S/C33H40N6O3/c1-21-11-13-26(14-12-21)39-29(20-28(36-39)33(4,5)6)35-32(41)34-27-10-8-7-9-25(27)19-24-15-17-38(18-16-24)31(40)30-22(2)37-42-23(30)3/h7-14,20,24H,15-19H2,1-6H3,(H2,34,35,41). The van der Waals surface area contributed by atoms with Crippen LogP contribution in [0, 0.1) is 26.7 Å². The molecule has 9 heteroatoms. The maximum atomic E-state index is 13.3. The number of aromatic nitrogens is 3. The zero-order valence-electron chi connectivity index (χ0n) is 25.3. The molecule has 220 valence electrons. The Morgan fingerprint density at radius 3 is 2.31 bits per heavy atom. The van der Waals surface area contributed by atoms with E-state index in [9.17, 15) is 9.59 Å². The molecular weight excluding hydrogens is 528 g/mol. The second kappa shape index (κ2) is 11.8. The van der Waals surface area contributed by atoms with Crippen molar-refractivity contribution in [2.45, 2.75) is 66.2 Å². The van der Waals surface area contributed by atoms with Crippen molar-refractivity contribution in [3.63, 3.8) is 0 Å². The number of carbonyl (C=O) groups is 2. The highest BCUT2D eigenvalue weighted by atomic mass is 16.5. The van der Waals surface area contributed by atoms with Gasteiger partial charge in [-0.1, -0.05) is 61.8 Å². The van der Waals surface area contributed by atoms with E-state index in [1.54, 1.807) is 18.5 Å². The summed E-state index contributed by atoms with van der Waals surface area (Å²) in [7, 11) is 0. The average molecular weight is 569 g/mol. The molecule has 0 atom stereocenters.